The zero-order valence-corrected chi connectivity index (χ0v) is 19.0. The van der Waals surface area contributed by atoms with Gasteiger partial charge in [-0.15, -0.1) is 0 Å². The summed E-state index contributed by atoms with van der Waals surface area (Å²) in [6.07, 6.45) is -3.58. The second-order valence-electron chi connectivity index (χ2n) is 9.38. The van der Waals surface area contributed by atoms with E-state index >= 15 is 0 Å². The Morgan fingerprint density at radius 1 is 1.21 bits per heavy atom. The van der Waals surface area contributed by atoms with E-state index in [0.29, 0.717) is 11.7 Å². The predicted octanol–water partition coefficient (Wildman–Crippen LogP) is 5.19. The fourth-order valence-corrected chi connectivity index (χ4v) is 4.62. The van der Waals surface area contributed by atoms with Crippen molar-refractivity contribution in [2.75, 3.05) is 5.32 Å². The standard InChI is InChI=1S/C24H25F3N6O/c1-13-9-15(24(25,26)27)10-19(28-13)30-21-17-12-33(23(2,3)20(17)31-32-21)22(34)29-18-11-16(18)14-7-5-4-6-8-14/h4-10,16,18H,11-12H2,1-3H3,(H,29,34)(H2,28,30,31,32)/t16-,18+/m0/s1. The van der Waals surface area contributed by atoms with Gasteiger partial charge in [0.05, 0.1) is 23.3 Å². The van der Waals surface area contributed by atoms with E-state index in [1.54, 1.807) is 4.90 Å². The van der Waals surface area contributed by atoms with Gasteiger partial charge in [-0.05, 0) is 44.9 Å². The molecule has 1 saturated carbocycles. The first-order chi connectivity index (χ1) is 16.0. The molecule has 3 N–H and O–H groups in total. The molecule has 3 aromatic rings. The molecule has 1 aliphatic heterocycles. The molecule has 0 spiro atoms. The van der Waals surface area contributed by atoms with Crippen molar-refractivity contribution in [2.45, 2.75) is 57.4 Å². The third-order valence-corrected chi connectivity index (χ3v) is 6.57. The van der Waals surface area contributed by atoms with Gasteiger partial charge < -0.3 is 15.5 Å². The number of halogens is 3. The Balaban J connectivity index is 1.32. The van der Waals surface area contributed by atoms with Crippen LogP contribution < -0.4 is 10.6 Å². The van der Waals surface area contributed by atoms with Gasteiger partial charge in [-0.1, -0.05) is 30.3 Å². The Hall–Kier alpha value is -3.56. The minimum atomic E-state index is -4.48. The van der Waals surface area contributed by atoms with Gasteiger partial charge >= 0.3 is 12.2 Å². The van der Waals surface area contributed by atoms with Crippen LogP contribution in [0.25, 0.3) is 0 Å². The quantitative estimate of drug-likeness (QED) is 0.490. The maximum absolute atomic E-state index is 13.2. The first-order valence-electron chi connectivity index (χ1n) is 11.1. The molecule has 2 amide bonds. The average molecular weight is 470 g/mol. The second-order valence-corrected chi connectivity index (χ2v) is 9.38. The minimum absolute atomic E-state index is 0.0472. The molecule has 34 heavy (non-hydrogen) atoms. The molecule has 3 heterocycles. The van der Waals surface area contributed by atoms with Crippen LogP contribution in [0.3, 0.4) is 0 Å². The molecule has 1 fully saturated rings. The number of amides is 2. The number of nitrogens with one attached hydrogen (secondary N) is 3. The molecule has 2 aromatic heterocycles. The van der Waals surface area contributed by atoms with Crippen molar-refractivity contribution in [2.24, 2.45) is 0 Å². The van der Waals surface area contributed by atoms with Crippen LogP contribution in [0.2, 0.25) is 0 Å². The van der Waals surface area contributed by atoms with E-state index < -0.39 is 17.3 Å². The molecule has 0 radical (unpaired) electrons. The van der Waals surface area contributed by atoms with Gasteiger partial charge in [0.2, 0.25) is 0 Å². The van der Waals surface area contributed by atoms with Crippen LogP contribution >= 0.6 is 0 Å². The van der Waals surface area contributed by atoms with Gasteiger partial charge in [0, 0.05) is 23.2 Å². The number of benzene rings is 1. The normalized spacial score (nSPS) is 20.7. The molecule has 0 bridgehead atoms. The molecule has 2 aliphatic rings. The monoisotopic (exact) mass is 470 g/mol. The summed E-state index contributed by atoms with van der Waals surface area (Å²) in [4.78, 5) is 19.0. The number of aromatic amines is 1. The number of carbonyl (C=O) groups is 1. The molecule has 178 valence electrons. The highest BCUT2D eigenvalue weighted by molar-refractivity contribution is 5.78. The van der Waals surface area contributed by atoms with Gasteiger partial charge in [-0.2, -0.15) is 18.3 Å². The third kappa shape index (κ3) is 3.97. The largest absolute Gasteiger partial charge is 0.416 e. The van der Waals surface area contributed by atoms with Gasteiger partial charge in [0.25, 0.3) is 0 Å². The van der Waals surface area contributed by atoms with E-state index in [9.17, 15) is 18.0 Å². The van der Waals surface area contributed by atoms with Crippen molar-refractivity contribution < 1.29 is 18.0 Å². The SMILES string of the molecule is Cc1cc(C(F)(F)F)cc(Nc2n[nH]c3c2CN(C(=O)N[C@@H]2C[C@H]2c2ccccc2)C3(C)C)n1. The fourth-order valence-electron chi connectivity index (χ4n) is 4.62. The first kappa shape index (κ1) is 22.2. The number of nitrogens with zero attached hydrogens (tertiary/aromatic N) is 3. The van der Waals surface area contributed by atoms with Crippen molar-refractivity contribution in [1.82, 2.24) is 25.4 Å². The number of aromatic nitrogens is 3. The number of urea groups is 1. The summed E-state index contributed by atoms with van der Waals surface area (Å²) < 4.78 is 39.6. The van der Waals surface area contributed by atoms with E-state index in [4.69, 9.17) is 0 Å². The van der Waals surface area contributed by atoms with Crippen LogP contribution in [0.4, 0.5) is 29.6 Å². The molecular formula is C24H25F3N6O. The van der Waals surface area contributed by atoms with Gasteiger partial charge in [-0.3, -0.25) is 5.10 Å². The third-order valence-electron chi connectivity index (χ3n) is 6.57. The molecule has 10 heteroatoms. The highest BCUT2D eigenvalue weighted by Crippen LogP contribution is 2.44. The number of hydrogen-bond donors (Lipinski definition) is 3. The lowest BCUT2D eigenvalue weighted by molar-refractivity contribution is -0.137. The summed E-state index contributed by atoms with van der Waals surface area (Å²) >= 11 is 0. The first-order valence-corrected chi connectivity index (χ1v) is 11.1. The molecule has 0 unspecified atom stereocenters. The number of pyridine rings is 1. The summed E-state index contributed by atoms with van der Waals surface area (Å²) in [5.41, 5.74) is 1.47. The lowest BCUT2D eigenvalue weighted by Crippen LogP contribution is -2.47. The van der Waals surface area contributed by atoms with Crippen molar-refractivity contribution in [3.63, 3.8) is 0 Å². The summed E-state index contributed by atoms with van der Waals surface area (Å²) in [5, 5.41) is 13.2. The number of alkyl halides is 3. The zero-order valence-electron chi connectivity index (χ0n) is 19.0. The smallest absolute Gasteiger partial charge is 0.335 e. The molecule has 7 nitrogen and oxygen atoms in total. The highest BCUT2D eigenvalue weighted by atomic mass is 19.4. The topological polar surface area (TPSA) is 85.9 Å². The highest BCUT2D eigenvalue weighted by Gasteiger charge is 2.46. The maximum atomic E-state index is 13.2. The van der Waals surface area contributed by atoms with Crippen LogP contribution in [-0.4, -0.2) is 32.2 Å². The van der Waals surface area contributed by atoms with Crippen LogP contribution in [-0.2, 0) is 18.3 Å². The average Bonchev–Trinajstić information content (AvgIpc) is 3.32. The Bertz CT molecular complexity index is 1240. The maximum Gasteiger partial charge on any atom is 0.416 e. The second kappa shape index (κ2) is 7.75. The van der Waals surface area contributed by atoms with Crippen LogP contribution in [0.1, 0.15) is 54.3 Å². The minimum Gasteiger partial charge on any atom is -0.335 e. The number of aryl methyl sites for hydroxylation is 1. The number of fused-ring (bicyclic) bond motifs is 1. The van der Waals surface area contributed by atoms with Crippen LogP contribution in [0.5, 0.6) is 0 Å². The van der Waals surface area contributed by atoms with E-state index in [2.05, 4.69) is 37.9 Å². The molecular weight excluding hydrogens is 445 g/mol. The molecule has 1 aromatic carbocycles. The van der Waals surface area contributed by atoms with E-state index in [-0.39, 0.29) is 30.1 Å². The van der Waals surface area contributed by atoms with Gasteiger partial charge in [0.15, 0.2) is 5.82 Å². The van der Waals surface area contributed by atoms with Crippen molar-refractivity contribution in [3.8, 4) is 0 Å². The lowest BCUT2D eigenvalue weighted by atomic mass is 10.0. The van der Waals surface area contributed by atoms with Crippen molar-refractivity contribution >= 4 is 17.7 Å². The Morgan fingerprint density at radius 2 is 1.94 bits per heavy atom. The Labute approximate surface area is 194 Å². The number of H-pyrrole nitrogens is 1. The van der Waals surface area contributed by atoms with E-state index in [1.165, 1.54) is 12.5 Å². The fraction of sp³-hybridized carbons (Fsp3) is 0.375. The molecule has 5 rings (SSSR count). The van der Waals surface area contributed by atoms with Crippen molar-refractivity contribution in [3.05, 3.63) is 70.5 Å². The van der Waals surface area contributed by atoms with Crippen LogP contribution in [0, 0.1) is 6.92 Å². The van der Waals surface area contributed by atoms with Gasteiger partial charge in [0.1, 0.15) is 5.82 Å². The van der Waals surface area contributed by atoms with E-state index in [1.807, 2.05) is 32.0 Å². The van der Waals surface area contributed by atoms with E-state index in [0.717, 1.165) is 29.8 Å². The number of rotatable bonds is 4. The molecule has 2 atom stereocenters. The summed E-state index contributed by atoms with van der Waals surface area (Å²) in [7, 11) is 0. The summed E-state index contributed by atoms with van der Waals surface area (Å²) in [6, 6.07) is 11.9. The summed E-state index contributed by atoms with van der Waals surface area (Å²) in [6.45, 7) is 5.60. The summed E-state index contributed by atoms with van der Waals surface area (Å²) in [5.74, 6) is 0.715. The van der Waals surface area contributed by atoms with Crippen molar-refractivity contribution in [1.29, 1.82) is 0 Å². The number of hydrogen-bond acceptors (Lipinski definition) is 4. The number of anilines is 2. The molecule has 1 aliphatic carbocycles. The predicted molar refractivity (Wildman–Crippen MR) is 121 cm³/mol. The Morgan fingerprint density at radius 3 is 2.65 bits per heavy atom. The van der Waals surface area contributed by atoms with Crippen LogP contribution in [0.15, 0.2) is 42.5 Å². The van der Waals surface area contributed by atoms with Gasteiger partial charge in [-0.25, -0.2) is 9.78 Å². The molecule has 0 saturated heterocycles. The zero-order chi connectivity index (χ0) is 24.3. The number of carbonyl (C=O) groups excluding carboxylic acids is 1. The lowest BCUT2D eigenvalue weighted by Gasteiger charge is -2.32. The Kier molecular flexibility index (Phi) is 5.07.